The first-order chi connectivity index (χ1) is 9.69. The summed E-state index contributed by atoms with van der Waals surface area (Å²) < 4.78 is 5.14. The van der Waals surface area contributed by atoms with Gasteiger partial charge in [-0.25, -0.2) is 0 Å². The standard InChI is InChI=1S/C17H15ClO2/c1-20-14-8-4-11(5-9-14)15-10-16(15)17(19)12-2-6-13(18)7-3-12/h2-9,15-16H,10H2,1H3/t15-,16+/m1/s1. The van der Waals surface area contributed by atoms with Crippen molar-refractivity contribution < 1.29 is 9.53 Å². The maximum absolute atomic E-state index is 12.4. The third kappa shape index (κ3) is 2.56. The molecule has 0 N–H and O–H groups in total. The molecule has 0 amide bonds. The molecule has 0 unspecified atom stereocenters. The number of rotatable bonds is 4. The molecule has 0 spiro atoms. The Morgan fingerprint density at radius 3 is 2.35 bits per heavy atom. The van der Waals surface area contributed by atoms with Gasteiger partial charge in [-0.2, -0.15) is 0 Å². The van der Waals surface area contributed by atoms with Gasteiger partial charge in [-0.3, -0.25) is 4.79 Å². The second kappa shape index (κ2) is 5.29. The van der Waals surface area contributed by atoms with Crippen molar-refractivity contribution in [3.05, 3.63) is 64.7 Å². The highest BCUT2D eigenvalue weighted by molar-refractivity contribution is 6.30. The van der Waals surface area contributed by atoms with Crippen LogP contribution in [0.5, 0.6) is 5.75 Å². The van der Waals surface area contributed by atoms with E-state index >= 15 is 0 Å². The lowest BCUT2D eigenvalue weighted by Crippen LogP contribution is -2.02. The monoisotopic (exact) mass is 286 g/mol. The van der Waals surface area contributed by atoms with Crippen LogP contribution in [0.3, 0.4) is 0 Å². The number of methoxy groups -OCH3 is 1. The van der Waals surface area contributed by atoms with Crippen molar-refractivity contribution in [1.82, 2.24) is 0 Å². The van der Waals surface area contributed by atoms with Crippen molar-refractivity contribution in [3.8, 4) is 5.75 Å². The molecule has 1 aliphatic rings. The average Bonchev–Trinajstić information content (AvgIpc) is 3.28. The lowest BCUT2D eigenvalue weighted by molar-refractivity contribution is 0.0965. The summed E-state index contributed by atoms with van der Waals surface area (Å²) in [5.74, 6) is 1.49. The number of carbonyl (C=O) groups is 1. The summed E-state index contributed by atoms with van der Waals surface area (Å²) in [6, 6.07) is 15.1. The molecule has 1 aliphatic carbocycles. The molecule has 102 valence electrons. The molecule has 0 radical (unpaired) electrons. The second-order valence-electron chi connectivity index (χ2n) is 5.09. The van der Waals surface area contributed by atoms with E-state index in [0.29, 0.717) is 10.9 Å². The van der Waals surface area contributed by atoms with Crippen LogP contribution in [0, 0.1) is 5.92 Å². The molecular weight excluding hydrogens is 272 g/mol. The van der Waals surface area contributed by atoms with Gasteiger partial charge in [-0.05, 0) is 54.3 Å². The number of Topliss-reactive ketones (excluding diaryl/α,β-unsaturated/α-hetero) is 1. The molecule has 0 aromatic heterocycles. The number of halogens is 1. The maximum atomic E-state index is 12.4. The van der Waals surface area contributed by atoms with E-state index in [4.69, 9.17) is 16.3 Å². The third-order valence-corrected chi connectivity index (χ3v) is 4.05. The first-order valence-electron chi connectivity index (χ1n) is 6.63. The van der Waals surface area contributed by atoms with E-state index in [0.717, 1.165) is 17.7 Å². The summed E-state index contributed by atoms with van der Waals surface area (Å²) in [4.78, 5) is 12.4. The molecule has 1 saturated carbocycles. The minimum Gasteiger partial charge on any atom is -0.497 e. The lowest BCUT2D eigenvalue weighted by Gasteiger charge is -2.03. The van der Waals surface area contributed by atoms with E-state index in [9.17, 15) is 4.79 Å². The third-order valence-electron chi connectivity index (χ3n) is 3.80. The zero-order valence-corrected chi connectivity index (χ0v) is 11.9. The summed E-state index contributed by atoms with van der Waals surface area (Å²) >= 11 is 5.84. The summed E-state index contributed by atoms with van der Waals surface area (Å²) in [6.07, 6.45) is 0.924. The van der Waals surface area contributed by atoms with E-state index in [2.05, 4.69) is 0 Å². The minimum atomic E-state index is 0.101. The zero-order valence-electron chi connectivity index (χ0n) is 11.2. The molecule has 0 heterocycles. The number of hydrogen-bond acceptors (Lipinski definition) is 2. The lowest BCUT2D eigenvalue weighted by atomic mass is 10.0. The largest absolute Gasteiger partial charge is 0.497 e. The number of benzene rings is 2. The Hall–Kier alpha value is -1.80. The first kappa shape index (κ1) is 13.2. The van der Waals surface area contributed by atoms with Crippen molar-refractivity contribution in [1.29, 1.82) is 0 Å². The summed E-state index contributed by atoms with van der Waals surface area (Å²) in [7, 11) is 1.65. The van der Waals surface area contributed by atoms with E-state index in [1.807, 2.05) is 24.3 Å². The molecule has 3 heteroatoms. The van der Waals surface area contributed by atoms with Crippen molar-refractivity contribution in [2.24, 2.45) is 5.92 Å². The normalized spacial score (nSPS) is 20.5. The van der Waals surface area contributed by atoms with Crippen LogP contribution in [-0.2, 0) is 0 Å². The molecule has 2 aromatic rings. The topological polar surface area (TPSA) is 26.3 Å². The highest BCUT2D eigenvalue weighted by Crippen LogP contribution is 2.49. The van der Waals surface area contributed by atoms with Gasteiger partial charge in [0.05, 0.1) is 7.11 Å². The molecule has 2 nitrogen and oxygen atoms in total. The smallest absolute Gasteiger partial charge is 0.166 e. The van der Waals surface area contributed by atoms with Gasteiger partial charge < -0.3 is 4.74 Å². The van der Waals surface area contributed by atoms with E-state index in [1.165, 1.54) is 5.56 Å². The molecule has 3 rings (SSSR count). The van der Waals surface area contributed by atoms with E-state index in [-0.39, 0.29) is 11.7 Å². The summed E-state index contributed by atoms with van der Waals surface area (Å²) in [5, 5.41) is 0.657. The van der Waals surface area contributed by atoms with Crippen LogP contribution in [-0.4, -0.2) is 12.9 Å². The van der Waals surface area contributed by atoms with Crippen LogP contribution < -0.4 is 4.74 Å². The number of carbonyl (C=O) groups excluding carboxylic acids is 1. The predicted molar refractivity (Wildman–Crippen MR) is 79.6 cm³/mol. The van der Waals surface area contributed by atoms with Gasteiger partial charge in [0.25, 0.3) is 0 Å². The van der Waals surface area contributed by atoms with Crippen molar-refractivity contribution in [2.45, 2.75) is 12.3 Å². The van der Waals surface area contributed by atoms with Crippen molar-refractivity contribution >= 4 is 17.4 Å². The predicted octanol–water partition coefficient (Wildman–Crippen LogP) is 4.34. The molecule has 20 heavy (non-hydrogen) atoms. The van der Waals surface area contributed by atoms with E-state index < -0.39 is 0 Å². The van der Waals surface area contributed by atoms with Crippen molar-refractivity contribution in [2.75, 3.05) is 7.11 Å². The molecule has 2 aromatic carbocycles. The fourth-order valence-corrected chi connectivity index (χ4v) is 2.66. The number of hydrogen-bond donors (Lipinski definition) is 0. The zero-order chi connectivity index (χ0) is 14.1. The van der Waals surface area contributed by atoms with Crippen molar-refractivity contribution in [3.63, 3.8) is 0 Å². The van der Waals surface area contributed by atoms with Gasteiger partial charge in [-0.1, -0.05) is 23.7 Å². The van der Waals surface area contributed by atoms with Gasteiger partial charge in [0.15, 0.2) is 5.78 Å². The van der Waals surface area contributed by atoms with Gasteiger partial charge in [-0.15, -0.1) is 0 Å². The quantitative estimate of drug-likeness (QED) is 0.782. The van der Waals surface area contributed by atoms with Crippen LogP contribution in [0.15, 0.2) is 48.5 Å². The molecule has 2 atom stereocenters. The summed E-state index contributed by atoms with van der Waals surface area (Å²) in [6.45, 7) is 0. The minimum absolute atomic E-state index is 0.101. The Morgan fingerprint density at radius 2 is 1.75 bits per heavy atom. The van der Waals surface area contributed by atoms with Gasteiger partial charge >= 0.3 is 0 Å². The van der Waals surface area contributed by atoms with Gasteiger partial charge in [0, 0.05) is 16.5 Å². The highest BCUT2D eigenvalue weighted by Gasteiger charge is 2.43. The first-order valence-corrected chi connectivity index (χ1v) is 7.00. The fraction of sp³-hybridized carbons (Fsp3) is 0.235. The SMILES string of the molecule is COc1ccc([C@H]2C[C@@H]2C(=O)c2ccc(Cl)cc2)cc1. The molecule has 0 saturated heterocycles. The Bertz CT molecular complexity index is 616. The average molecular weight is 287 g/mol. The molecule has 1 fully saturated rings. The Morgan fingerprint density at radius 1 is 1.10 bits per heavy atom. The Balaban J connectivity index is 1.71. The van der Waals surface area contributed by atoms with Crippen LogP contribution >= 0.6 is 11.6 Å². The Kier molecular flexibility index (Phi) is 3.49. The highest BCUT2D eigenvalue weighted by atomic mass is 35.5. The molecule has 0 aliphatic heterocycles. The van der Waals surface area contributed by atoms with Crippen LogP contribution in [0.2, 0.25) is 5.02 Å². The van der Waals surface area contributed by atoms with Crippen LogP contribution in [0.1, 0.15) is 28.3 Å². The van der Waals surface area contributed by atoms with E-state index in [1.54, 1.807) is 31.4 Å². The molecule has 0 bridgehead atoms. The van der Waals surface area contributed by atoms with Gasteiger partial charge in [0.2, 0.25) is 0 Å². The van der Waals surface area contributed by atoms with Gasteiger partial charge in [0.1, 0.15) is 5.75 Å². The fourth-order valence-electron chi connectivity index (χ4n) is 2.53. The van der Waals surface area contributed by atoms with Crippen LogP contribution in [0.25, 0.3) is 0 Å². The Labute approximate surface area is 123 Å². The maximum Gasteiger partial charge on any atom is 0.166 e. The molecular formula is C17H15ClO2. The number of ketones is 1. The number of ether oxygens (including phenoxy) is 1. The second-order valence-corrected chi connectivity index (χ2v) is 5.53. The summed E-state index contributed by atoms with van der Waals surface area (Å²) in [5.41, 5.74) is 1.95. The van der Waals surface area contributed by atoms with Crippen LogP contribution in [0.4, 0.5) is 0 Å².